The molecule has 1 saturated heterocycles. The normalized spacial score (nSPS) is 20.8. The number of rotatable bonds is 2. The maximum atomic E-state index is 13.0. The van der Waals surface area contributed by atoms with Crippen molar-refractivity contribution in [2.75, 3.05) is 31.1 Å². The van der Waals surface area contributed by atoms with Gasteiger partial charge >= 0.3 is 0 Å². The zero-order valence-corrected chi connectivity index (χ0v) is 15.2. The molecule has 4 rings (SSSR count). The first-order chi connectivity index (χ1) is 12.5. The fourth-order valence-electron chi connectivity index (χ4n) is 3.67. The van der Waals surface area contributed by atoms with Gasteiger partial charge in [0.1, 0.15) is 0 Å². The highest BCUT2D eigenvalue weighted by Crippen LogP contribution is 2.33. The lowest BCUT2D eigenvalue weighted by atomic mass is 9.88. The van der Waals surface area contributed by atoms with Gasteiger partial charge in [-0.25, -0.2) is 4.98 Å². The molecule has 1 spiro atoms. The molecule has 0 bridgehead atoms. The van der Waals surface area contributed by atoms with Crippen molar-refractivity contribution in [3.8, 4) is 5.75 Å². The van der Waals surface area contributed by atoms with Crippen LogP contribution in [0.2, 0.25) is 0 Å². The summed E-state index contributed by atoms with van der Waals surface area (Å²) in [4.78, 5) is 25.5. The highest BCUT2D eigenvalue weighted by molar-refractivity contribution is 5.93. The van der Waals surface area contributed by atoms with E-state index in [2.05, 4.69) is 15.3 Å². The molecule has 138 valence electrons. The van der Waals surface area contributed by atoms with Crippen molar-refractivity contribution >= 4 is 17.7 Å². The molecule has 1 aromatic rings. The molecular weight excluding hydrogens is 332 g/mol. The van der Waals surface area contributed by atoms with Gasteiger partial charge in [0.15, 0.2) is 17.5 Å². The van der Waals surface area contributed by atoms with Crippen LogP contribution >= 0.6 is 0 Å². The Hall–Kier alpha value is -2.77. The molecule has 0 aromatic carbocycles. The highest BCUT2D eigenvalue weighted by atomic mass is 16.5. The molecule has 26 heavy (non-hydrogen) atoms. The predicted molar refractivity (Wildman–Crippen MR) is 98.9 cm³/mol. The van der Waals surface area contributed by atoms with Crippen LogP contribution < -0.4 is 20.7 Å². The van der Waals surface area contributed by atoms with Gasteiger partial charge in [0, 0.05) is 25.3 Å². The second-order valence-electron chi connectivity index (χ2n) is 7.05. The number of carbonyl (C=O) groups is 1. The average Bonchev–Trinajstić information content (AvgIpc) is 3.01. The molecule has 3 N–H and O–H groups in total. The molecule has 4 heterocycles. The second-order valence-corrected chi connectivity index (χ2v) is 7.05. The smallest absolute Gasteiger partial charge is 0.291 e. The Morgan fingerprint density at radius 3 is 2.81 bits per heavy atom. The molecule has 0 saturated carbocycles. The zero-order chi connectivity index (χ0) is 18.3. The minimum absolute atomic E-state index is 0.0867. The van der Waals surface area contributed by atoms with Crippen molar-refractivity contribution in [1.29, 1.82) is 0 Å². The number of ether oxygens (including phenoxy) is 1. The van der Waals surface area contributed by atoms with Gasteiger partial charge in [-0.3, -0.25) is 9.79 Å². The third kappa shape index (κ3) is 2.85. The number of aryl methyl sites for hydroxylation is 1. The van der Waals surface area contributed by atoms with Crippen molar-refractivity contribution < 1.29 is 9.53 Å². The maximum Gasteiger partial charge on any atom is 0.291 e. The van der Waals surface area contributed by atoms with Crippen molar-refractivity contribution in [2.45, 2.75) is 32.2 Å². The quantitative estimate of drug-likeness (QED) is 0.811. The molecule has 8 nitrogen and oxygen atoms in total. The van der Waals surface area contributed by atoms with Gasteiger partial charge in [0.2, 0.25) is 5.76 Å². The van der Waals surface area contributed by atoms with E-state index in [4.69, 9.17) is 10.5 Å². The Balaban J connectivity index is 1.47. The number of nitrogens with one attached hydrogen (secondary N) is 1. The third-order valence-corrected chi connectivity index (χ3v) is 5.25. The molecular formula is C18H24N6O2. The number of hydrogen-bond donors (Lipinski definition) is 2. The van der Waals surface area contributed by atoms with Crippen LogP contribution in [0.4, 0.5) is 5.82 Å². The molecule has 3 aliphatic heterocycles. The lowest BCUT2D eigenvalue weighted by Gasteiger charge is -2.39. The molecule has 8 heteroatoms. The number of likely N-dealkylation sites (tertiary alicyclic amines) is 1. The summed E-state index contributed by atoms with van der Waals surface area (Å²) >= 11 is 0. The molecule has 0 radical (unpaired) electrons. The van der Waals surface area contributed by atoms with E-state index in [1.165, 1.54) is 0 Å². The van der Waals surface area contributed by atoms with Crippen molar-refractivity contribution in [1.82, 2.24) is 15.2 Å². The van der Waals surface area contributed by atoms with E-state index >= 15 is 0 Å². The Morgan fingerprint density at radius 2 is 2.15 bits per heavy atom. The monoisotopic (exact) mass is 356 g/mol. The first-order valence-corrected chi connectivity index (χ1v) is 9.01. The summed E-state index contributed by atoms with van der Waals surface area (Å²) in [6.45, 7) is 6.67. The number of amides is 1. The van der Waals surface area contributed by atoms with Gasteiger partial charge in [-0.05, 0) is 38.8 Å². The van der Waals surface area contributed by atoms with Crippen LogP contribution in [0.25, 0.3) is 0 Å². The number of nitrogens with zero attached hydrogens (tertiary/aromatic N) is 4. The number of guanidine groups is 1. The van der Waals surface area contributed by atoms with Crippen LogP contribution in [-0.2, 0) is 4.79 Å². The van der Waals surface area contributed by atoms with E-state index in [-0.39, 0.29) is 11.4 Å². The van der Waals surface area contributed by atoms with Crippen molar-refractivity contribution in [3.63, 3.8) is 0 Å². The maximum absolute atomic E-state index is 13.0. The summed E-state index contributed by atoms with van der Waals surface area (Å²) in [7, 11) is 0. The average molecular weight is 356 g/mol. The number of carbonyl (C=O) groups excluding carboxylic acids is 1. The van der Waals surface area contributed by atoms with Crippen LogP contribution in [0.5, 0.6) is 5.75 Å². The van der Waals surface area contributed by atoms with Crippen LogP contribution in [0.3, 0.4) is 0 Å². The Morgan fingerprint density at radius 1 is 1.38 bits per heavy atom. The Bertz CT molecular complexity index is 795. The first kappa shape index (κ1) is 16.7. The van der Waals surface area contributed by atoms with E-state index in [0.29, 0.717) is 43.6 Å². The van der Waals surface area contributed by atoms with Gasteiger partial charge in [-0.2, -0.15) is 0 Å². The van der Waals surface area contributed by atoms with Gasteiger partial charge < -0.3 is 25.6 Å². The summed E-state index contributed by atoms with van der Waals surface area (Å²) < 4.78 is 5.88. The predicted octanol–water partition coefficient (Wildman–Crippen LogP) is 0.729. The SMILES string of the molecule is CCN1C=C(C(=O)N2CCC3(CC2)CN=C(N)N3)Oc2ccc(C)nc21. The summed E-state index contributed by atoms with van der Waals surface area (Å²) in [6, 6.07) is 3.76. The standard InChI is InChI=1S/C18H24N6O2/c1-3-23-10-14(26-13-5-4-12(2)21-15(13)23)16(25)24-8-6-18(7-9-24)11-20-17(19)22-18/h4-5,10H,3,6-9,11H2,1-2H3,(H3,19,20,22). The van der Waals surface area contributed by atoms with E-state index < -0.39 is 0 Å². The second kappa shape index (κ2) is 6.19. The van der Waals surface area contributed by atoms with Crippen molar-refractivity contribution in [2.24, 2.45) is 10.7 Å². The van der Waals surface area contributed by atoms with Gasteiger partial charge in [0.05, 0.1) is 18.3 Å². The van der Waals surface area contributed by atoms with E-state index in [1.807, 2.05) is 35.8 Å². The van der Waals surface area contributed by atoms with E-state index in [1.54, 1.807) is 6.20 Å². The lowest BCUT2D eigenvalue weighted by molar-refractivity contribution is -0.131. The number of anilines is 1. The van der Waals surface area contributed by atoms with E-state index in [9.17, 15) is 4.79 Å². The number of aromatic nitrogens is 1. The first-order valence-electron chi connectivity index (χ1n) is 9.01. The van der Waals surface area contributed by atoms with Crippen molar-refractivity contribution in [3.05, 3.63) is 29.8 Å². The van der Waals surface area contributed by atoms with E-state index in [0.717, 1.165) is 24.4 Å². The number of piperidine rings is 1. The fraction of sp³-hybridized carbons (Fsp3) is 0.500. The molecule has 0 atom stereocenters. The number of fused-ring (bicyclic) bond motifs is 1. The largest absolute Gasteiger partial charge is 0.446 e. The minimum Gasteiger partial charge on any atom is -0.446 e. The fourth-order valence-corrected chi connectivity index (χ4v) is 3.67. The molecule has 1 amide bonds. The van der Waals surface area contributed by atoms with Gasteiger partial charge in [0.25, 0.3) is 5.91 Å². The molecule has 1 aromatic heterocycles. The van der Waals surface area contributed by atoms with Crippen LogP contribution in [0, 0.1) is 6.92 Å². The zero-order valence-electron chi connectivity index (χ0n) is 15.2. The summed E-state index contributed by atoms with van der Waals surface area (Å²) in [5.74, 6) is 2.13. The van der Waals surface area contributed by atoms with Gasteiger partial charge in [-0.15, -0.1) is 0 Å². The lowest BCUT2D eigenvalue weighted by Crippen LogP contribution is -2.56. The third-order valence-electron chi connectivity index (χ3n) is 5.25. The molecule has 0 unspecified atom stereocenters. The topological polar surface area (TPSA) is 96.1 Å². The number of aliphatic imine (C=N–C) groups is 1. The minimum atomic E-state index is -0.0911. The Kier molecular flexibility index (Phi) is 3.97. The summed E-state index contributed by atoms with van der Waals surface area (Å²) in [6.07, 6.45) is 3.41. The number of hydrogen-bond acceptors (Lipinski definition) is 7. The number of nitrogens with two attached hydrogens (primary N) is 1. The molecule has 3 aliphatic rings. The molecule has 0 aliphatic carbocycles. The summed E-state index contributed by atoms with van der Waals surface area (Å²) in [5, 5.41) is 3.27. The highest BCUT2D eigenvalue weighted by Gasteiger charge is 2.40. The summed E-state index contributed by atoms with van der Waals surface area (Å²) in [5.41, 5.74) is 6.58. The van der Waals surface area contributed by atoms with Gasteiger partial charge in [-0.1, -0.05) is 0 Å². The van der Waals surface area contributed by atoms with Crippen LogP contribution in [-0.4, -0.2) is 53.5 Å². The number of pyridine rings is 1. The Labute approximate surface area is 152 Å². The van der Waals surface area contributed by atoms with Crippen LogP contribution in [0.15, 0.2) is 29.1 Å². The van der Waals surface area contributed by atoms with Crippen LogP contribution in [0.1, 0.15) is 25.5 Å². The molecule has 1 fully saturated rings.